The summed E-state index contributed by atoms with van der Waals surface area (Å²) in [6, 6.07) is 15.5. The Morgan fingerprint density at radius 2 is 1.90 bits per heavy atom. The standard InChI is InChI=1S/C21H18N4O2S2/c1-24-20(27)16(29-21(24)28)13-15-18(22-11-10-14-7-3-2-4-8-14)23-17-9-5-6-12-25(17)19(15)26/h2-9,12-13,22H,10-11H2,1H3. The highest BCUT2D eigenvalue weighted by molar-refractivity contribution is 8.26. The number of pyridine rings is 1. The van der Waals surface area contributed by atoms with Gasteiger partial charge in [-0.15, -0.1) is 0 Å². The van der Waals surface area contributed by atoms with E-state index in [9.17, 15) is 9.59 Å². The smallest absolute Gasteiger partial charge is 0.267 e. The molecule has 1 fully saturated rings. The third-order valence-electron chi connectivity index (χ3n) is 4.58. The van der Waals surface area contributed by atoms with E-state index in [0.717, 1.165) is 6.42 Å². The van der Waals surface area contributed by atoms with Gasteiger partial charge in [-0.25, -0.2) is 4.98 Å². The predicted octanol–water partition coefficient (Wildman–Crippen LogP) is 3.18. The average molecular weight is 423 g/mol. The Morgan fingerprint density at radius 1 is 1.14 bits per heavy atom. The minimum atomic E-state index is -0.237. The summed E-state index contributed by atoms with van der Waals surface area (Å²) in [6.45, 7) is 0.606. The van der Waals surface area contributed by atoms with Gasteiger partial charge in [-0.3, -0.25) is 18.9 Å². The Hall–Kier alpha value is -2.97. The van der Waals surface area contributed by atoms with Crippen molar-refractivity contribution in [1.29, 1.82) is 0 Å². The molecule has 6 nitrogen and oxygen atoms in total. The minimum Gasteiger partial charge on any atom is -0.369 e. The van der Waals surface area contributed by atoms with Gasteiger partial charge in [-0.1, -0.05) is 60.4 Å². The van der Waals surface area contributed by atoms with Gasteiger partial charge < -0.3 is 5.32 Å². The number of thiocarbonyl (C=S) groups is 1. The van der Waals surface area contributed by atoms with Crippen LogP contribution in [0.15, 0.2) is 64.4 Å². The second-order valence-electron chi connectivity index (χ2n) is 6.51. The molecule has 0 spiro atoms. The number of carbonyl (C=O) groups is 1. The van der Waals surface area contributed by atoms with Gasteiger partial charge in [0.15, 0.2) is 0 Å². The first-order valence-electron chi connectivity index (χ1n) is 9.05. The van der Waals surface area contributed by atoms with E-state index in [2.05, 4.69) is 22.4 Å². The van der Waals surface area contributed by atoms with Crippen LogP contribution in [0.5, 0.6) is 0 Å². The van der Waals surface area contributed by atoms with E-state index >= 15 is 0 Å². The van der Waals surface area contributed by atoms with Crippen LogP contribution in [0.2, 0.25) is 0 Å². The molecule has 3 heterocycles. The monoisotopic (exact) mass is 422 g/mol. The topological polar surface area (TPSA) is 66.7 Å². The first-order chi connectivity index (χ1) is 14.0. The Morgan fingerprint density at radius 3 is 2.62 bits per heavy atom. The van der Waals surface area contributed by atoms with Crippen LogP contribution in [-0.4, -0.2) is 38.1 Å². The number of hydrogen-bond acceptors (Lipinski definition) is 6. The fourth-order valence-electron chi connectivity index (χ4n) is 3.01. The first-order valence-corrected chi connectivity index (χ1v) is 10.3. The number of thioether (sulfide) groups is 1. The molecule has 8 heteroatoms. The van der Waals surface area contributed by atoms with Gasteiger partial charge in [0, 0.05) is 19.8 Å². The molecule has 1 aliphatic heterocycles. The molecule has 1 N–H and O–H groups in total. The average Bonchev–Trinajstić information content (AvgIpc) is 2.98. The van der Waals surface area contributed by atoms with Crippen LogP contribution in [0.4, 0.5) is 5.82 Å². The van der Waals surface area contributed by atoms with Gasteiger partial charge in [-0.05, 0) is 30.2 Å². The SMILES string of the molecule is CN1C(=O)C(=Cc2c(NCCc3ccccc3)nc3ccccn3c2=O)SC1=S. The van der Waals surface area contributed by atoms with Crippen LogP contribution in [-0.2, 0) is 11.2 Å². The summed E-state index contributed by atoms with van der Waals surface area (Å²) >= 11 is 6.38. The van der Waals surface area contributed by atoms with Crippen molar-refractivity contribution in [2.24, 2.45) is 0 Å². The molecule has 0 saturated carbocycles. The van der Waals surface area contributed by atoms with E-state index in [0.29, 0.717) is 32.8 Å². The van der Waals surface area contributed by atoms with Gasteiger partial charge in [0.05, 0.1) is 10.5 Å². The second-order valence-corrected chi connectivity index (χ2v) is 8.19. The summed E-state index contributed by atoms with van der Waals surface area (Å²) in [5, 5.41) is 3.27. The van der Waals surface area contributed by atoms with Crippen LogP contribution in [0.1, 0.15) is 11.1 Å². The maximum atomic E-state index is 13.1. The molecular formula is C21H18N4O2S2. The van der Waals surface area contributed by atoms with E-state index in [4.69, 9.17) is 12.2 Å². The van der Waals surface area contributed by atoms with Gasteiger partial charge in [0.25, 0.3) is 11.5 Å². The van der Waals surface area contributed by atoms with E-state index in [1.54, 1.807) is 31.5 Å². The Bertz CT molecular complexity index is 1190. The summed E-state index contributed by atoms with van der Waals surface area (Å²) in [7, 11) is 1.63. The molecule has 0 atom stereocenters. The molecule has 3 aromatic rings. The molecule has 0 aliphatic carbocycles. The lowest BCUT2D eigenvalue weighted by Crippen LogP contribution is -2.23. The van der Waals surface area contributed by atoms with Gasteiger partial charge >= 0.3 is 0 Å². The lowest BCUT2D eigenvalue weighted by molar-refractivity contribution is -0.121. The molecule has 0 radical (unpaired) electrons. The van der Waals surface area contributed by atoms with Crippen molar-refractivity contribution < 1.29 is 4.79 Å². The molecule has 146 valence electrons. The summed E-state index contributed by atoms with van der Waals surface area (Å²) in [5.41, 5.74) is 1.83. The highest BCUT2D eigenvalue weighted by Gasteiger charge is 2.29. The molecule has 2 aromatic heterocycles. The number of rotatable bonds is 5. The van der Waals surface area contributed by atoms with Gasteiger partial charge in [-0.2, -0.15) is 0 Å². The lowest BCUT2D eigenvalue weighted by atomic mass is 10.1. The number of aromatic nitrogens is 2. The maximum Gasteiger partial charge on any atom is 0.267 e. The first kappa shape index (κ1) is 19.4. The molecular weight excluding hydrogens is 404 g/mol. The number of benzene rings is 1. The van der Waals surface area contributed by atoms with Crippen molar-refractivity contribution in [2.75, 3.05) is 18.9 Å². The summed E-state index contributed by atoms with van der Waals surface area (Å²) < 4.78 is 1.94. The number of hydrogen-bond donors (Lipinski definition) is 1. The number of nitrogens with zero attached hydrogens (tertiary/aromatic N) is 3. The molecule has 4 rings (SSSR count). The zero-order valence-corrected chi connectivity index (χ0v) is 17.3. The molecule has 0 bridgehead atoms. The molecule has 0 unspecified atom stereocenters. The highest BCUT2D eigenvalue weighted by atomic mass is 32.2. The summed E-state index contributed by atoms with van der Waals surface area (Å²) in [6.07, 6.45) is 4.04. The van der Waals surface area contributed by atoms with E-state index in [1.165, 1.54) is 26.6 Å². The number of likely N-dealkylation sites (N-methyl/N-ethyl adjacent to an activating group) is 1. The van der Waals surface area contributed by atoms with Crippen molar-refractivity contribution >= 4 is 51.7 Å². The fourth-order valence-corrected chi connectivity index (χ4v) is 4.18. The van der Waals surface area contributed by atoms with Crippen LogP contribution >= 0.6 is 24.0 Å². The number of carbonyl (C=O) groups excluding carboxylic acids is 1. The molecule has 1 saturated heterocycles. The largest absolute Gasteiger partial charge is 0.369 e. The number of anilines is 1. The molecule has 1 aromatic carbocycles. The number of nitrogens with one attached hydrogen (secondary N) is 1. The molecule has 1 aliphatic rings. The second kappa shape index (κ2) is 8.18. The molecule has 29 heavy (non-hydrogen) atoms. The van der Waals surface area contributed by atoms with Gasteiger partial charge in [0.2, 0.25) is 0 Å². The van der Waals surface area contributed by atoms with Crippen LogP contribution in [0.3, 0.4) is 0 Å². The lowest BCUT2D eigenvalue weighted by Gasteiger charge is -2.11. The zero-order chi connectivity index (χ0) is 20.4. The molecule has 1 amide bonds. The Kier molecular flexibility index (Phi) is 5.46. The number of fused-ring (bicyclic) bond motifs is 1. The predicted molar refractivity (Wildman–Crippen MR) is 121 cm³/mol. The Labute approximate surface area is 177 Å². The minimum absolute atomic E-state index is 0.215. The third-order valence-corrected chi connectivity index (χ3v) is 6.06. The van der Waals surface area contributed by atoms with Crippen LogP contribution in [0, 0.1) is 0 Å². The van der Waals surface area contributed by atoms with Crippen molar-refractivity contribution in [3.05, 3.63) is 81.1 Å². The summed E-state index contributed by atoms with van der Waals surface area (Å²) in [5.74, 6) is 0.242. The third kappa shape index (κ3) is 3.94. The van der Waals surface area contributed by atoms with E-state index in [1.807, 2.05) is 24.3 Å². The van der Waals surface area contributed by atoms with Gasteiger partial charge in [0.1, 0.15) is 15.8 Å². The maximum absolute atomic E-state index is 13.1. The van der Waals surface area contributed by atoms with E-state index in [-0.39, 0.29) is 11.5 Å². The van der Waals surface area contributed by atoms with Crippen molar-refractivity contribution in [3.8, 4) is 0 Å². The van der Waals surface area contributed by atoms with Crippen molar-refractivity contribution in [3.63, 3.8) is 0 Å². The highest BCUT2D eigenvalue weighted by Crippen LogP contribution is 2.31. The van der Waals surface area contributed by atoms with Crippen molar-refractivity contribution in [2.45, 2.75) is 6.42 Å². The van der Waals surface area contributed by atoms with Crippen LogP contribution < -0.4 is 10.9 Å². The Balaban J connectivity index is 1.72. The van der Waals surface area contributed by atoms with Crippen LogP contribution in [0.25, 0.3) is 11.7 Å². The quantitative estimate of drug-likeness (QED) is 0.503. The summed E-state index contributed by atoms with van der Waals surface area (Å²) in [4.78, 5) is 31.9. The van der Waals surface area contributed by atoms with E-state index < -0.39 is 0 Å². The number of amides is 1. The zero-order valence-electron chi connectivity index (χ0n) is 15.7. The fraction of sp³-hybridized carbons (Fsp3) is 0.143. The normalized spacial score (nSPS) is 15.5. The van der Waals surface area contributed by atoms with Crippen molar-refractivity contribution in [1.82, 2.24) is 14.3 Å².